The molecule has 2 heterocycles. The largest absolute Gasteiger partial charge is 0.349 e. The summed E-state index contributed by atoms with van der Waals surface area (Å²) in [5, 5.41) is 0. The molecule has 1 aliphatic rings. The van der Waals surface area contributed by atoms with Crippen LogP contribution in [0.3, 0.4) is 0 Å². The van der Waals surface area contributed by atoms with E-state index in [1.807, 2.05) is 19.1 Å². The molecule has 0 aliphatic carbocycles. The zero-order chi connectivity index (χ0) is 20.7. The van der Waals surface area contributed by atoms with Gasteiger partial charge >= 0.3 is 0 Å². The Morgan fingerprint density at radius 3 is 2.62 bits per heavy atom. The molecule has 4 rings (SSSR count). The van der Waals surface area contributed by atoms with Crippen molar-refractivity contribution in [2.75, 3.05) is 11.4 Å². The standard InChI is InChI=1S/C23H21F2N3O/c1-13-14(2)26-22(21(29)19-9-8-17(24)12-20(19)25)27-23(13)28-11-10-16-6-4-5-7-18(16)15(28)3/h4-9,12,15H,10-11H2,1-3H3. The van der Waals surface area contributed by atoms with Gasteiger partial charge in [0, 0.05) is 23.9 Å². The highest BCUT2D eigenvalue weighted by Crippen LogP contribution is 2.34. The summed E-state index contributed by atoms with van der Waals surface area (Å²) in [5.74, 6) is -1.72. The maximum absolute atomic E-state index is 14.1. The minimum absolute atomic E-state index is 0.0819. The van der Waals surface area contributed by atoms with Crippen molar-refractivity contribution in [3.63, 3.8) is 0 Å². The number of rotatable bonds is 3. The van der Waals surface area contributed by atoms with E-state index in [2.05, 4.69) is 33.9 Å². The molecule has 0 radical (unpaired) electrons. The van der Waals surface area contributed by atoms with Crippen LogP contribution in [0.5, 0.6) is 0 Å². The van der Waals surface area contributed by atoms with E-state index in [9.17, 15) is 13.6 Å². The van der Waals surface area contributed by atoms with E-state index < -0.39 is 17.4 Å². The van der Waals surface area contributed by atoms with Crippen molar-refractivity contribution >= 4 is 11.6 Å². The number of benzene rings is 2. The van der Waals surface area contributed by atoms with E-state index in [-0.39, 0.29) is 17.4 Å². The van der Waals surface area contributed by atoms with E-state index in [1.54, 1.807) is 6.92 Å². The normalized spacial score (nSPS) is 15.9. The summed E-state index contributed by atoms with van der Waals surface area (Å²) in [6, 6.07) is 11.3. The van der Waals surface area contributed by atoms with Crippen LogP contribution in [0.4, 0.5) is 14.6 Å². The number of carbonyl (C=O) groups excluding carboxylic acids is 1. The van der Waals surface area contributed by atoms with Crippen LogP contribution in [0, 0.1) is 25.5 Å². The summed E-state index contributed by atoms with van der Waals surface area (Å²) in [6.45, 7) is 6.59. The molecule has 0 amide bonds. The second kappa shape index (κ2) is 7.35. The van der Waals surface area contributed by atoms with E-state index >= 15 is 0 Å². The number of ketones is 1. The summed E-state index contributed by atoms with van der Waals surface area (Å²) in [6.07, 6.45) is 0.874. The molecule has 4 nitrogen and oxygen atoms in total. The van der Waals surface area contributed by atoms with E-state index in [1.165, 1.54) is 11.1 Å². The van der Waals surface area contributed by atoms with Gasteiger partial charge in [0.25, 0.3) is 0 Å². The molecule has 3 aromatic rings. The lowest BCUT2D eigenvalue weighted by atomic mass is 9.93. The van der Waals surface area contributed by atoms with Gasteiger partial charge in [-0.05, 0) is 50.5 Å². The number of fused-ring (bicyclic) bond motifs is 1. The molecule has 1 aromatic heterocycles. The van der Waals surface area contributed by atoms with Gasteiger partial charge in [-0.3, -0.25) is 4.79 Å². The average Bonchev–Trinajstić information content (AvgIpc) is 2.70. The predicted octanol–water partition coefficient (Wildman–Crippen LogP) is 4.73. The third kappa shape index (κ3) is 3.39. The van der Waals surface area contributed by atoms with Crippen LogP contribution in [-0.2, 0) is 6.42 Å². The number of hydrogen-bond acceptors (Lipinski definition) is 4. The maximum atomic E-state index is 14.1. The van der Waals surface area contributed by atoms with Crippen molar-refractivity contribution in [1.82, 2.24) is 9.97 Å². The van der Waals surface area contributed by atoms with Gasteiger partial charge in [0.15, 0.2) is 0 Å². The van der Waals surface area contributed by atoms with Crippen LogP contribution in [0.1, 0.15) is 51.5 Å². The van der Waals surface area contributed by atoms with E-state index in [0.717, 1.165) is 30.7 Å². The van der Waals surface area contributed by atoms with E-state index in [0.29, 0.717) is 17.6 Å². The number of halogens is 2. The van der Waals surface area contributed by atoms with Crippen LogP contribution >= 0.6 is 0 Å². The van der Waals surface area contributed by atoms with Crippen molar-refractivity contribution in [3.05, 3.63) is 87.9 Å². The molecule has 6 heteroatoms. The van der Waals surface area contributed by atoms with Crippen LogP contribution in [-0.4, -0.2) is 22.3 Å². The van der Waals surface area contributed by atoms with Crippen LogP contribution < -0.4 is 4.90 Å². The lowest BCUT2D eigenvalue weighted by Crippen LogP contribution is -2.35. The SMILES string of the molecule is Cc1nc(C(=O)c2ccc(F)cc2F)nc(N2CCc3ccccc3C2C)c1C. The summed E-state index contributed by atoms with van der Waals surface area (Å²) in [7, 11) is 0. The van der Waals surface area contributed by atoms with Gasteiger partial charge in [-0.15, -0.1) is 0 Å². The van der Waals surface area contributed by atoms with E-state index in [4.69, 9.17) is 0 Å². The second-order valence-electron chi connectivity index (χ2n) is 7.35. The van der Waals surface area contributed by atoms with Gasteiger partial charge in [-0.1, -0.05) is 24.3 Å². The Balaban J connectivity index is 1.76. The summed E-state index contributed by atoms with van der Waals surface area (Å²) < 4.78 is 27.3. The molecule has 29 heavy (non-hydrogen) atoms. The summed E-state index contributed by atoms with van der Waals surface area (Å²) >= 11 is 0. The van der Waals surface area contributed by atoms with Crippen LogP contribution in [0.15, 0.2) is 42.5 Å². The molecule has 1 unspecified atom stereocenters. The summed E-state index contributed by atoms with van der Waals surface area (Å²) in [4.78, 5) is 23.8. The van der Waals surface area contributed by atoms with Gasteiger partial charge in [0.1, 0.15) is 17.5 Å². The molecule has 1 aliphatic heterocycles. The van der Waals surface area contributed by atoms with Gasteiger partial charge < -0.3 is 4.90 Å². The number of carbonyl (C=O) groups is 1. The van der Waals surface area contributed by atoms with Crippen molar-refractivity contribution in [3.8, 4) is 0 Å². The highest BCUT2D eigenvalue weighted by molar-refractivity contribution is 6.06. The Kier molecular flexibility index (Phi) is 4.86. The predicted molar refractivity (Wildman–Crippen MR) is 107 cm³/mol. The fourth-order valence-electron chi connectivity index (χ4n) is 3.85. The second-order valence-corrected chi connectivity index (χ2v) is 7.35. The number of aryl methyl sites for hydroxylation is 1. The fraction of sp³-hybridized carbons (Fsp3) is 0.261. The molecule has 0 spiro atoms. The van der Waals surface area contributed by atoms with Crippen LogP contribution in [0.25, 0.3) is 0 Å². The molecule has 0 saturated heterocycles. The third-order valence-corrected chi connectivity index (χ3v) is 5.61. The monoisotopic (exact) mass is 393 g/mol. The lowest BCUT2D eigenvalue weighted by Gasteiger charge is -2.37. The first-order valence-corrected chi connectivity index (χ1v) is 9.56. The Morgan fingerprint density at radius 1 is 1.10 bits per heavy atom. The van der Waals surface area contributed by atoms with Crippen LogP contribution in [0.2, 0.25) is 0 Å². The smallest absolute Gasteiger partial charge is 0.233 e. The first kappa shape index (κ1) is 19.2. The van der Waals surface area contributed by atoms with Crippen molar-refractivity contribution in [2.45, 2.75) is 33.2 Å². The summed E-state index contributed by atoms with van der Waals surface area (Å²) in [5.41, 5.74) is 3.84. The minimum atomic E-state index is -0.918. The number of anilines is 1. The molecule has 0 fully saturated rings. The van der Waals surface area contributed by atoms with Crippen molar-refractivity contribution in [1.29, 1.82) is 0 Å². The first-order chi connectivity index (χ1) is 13.9. The lowest BCUT2D eigenvalue weighted by molar-refractivity contribution is 0.102. The zero-order valence-corrected chi connectivity index (χ0v) is 16.5. The highest BCUT2D eigenvalue weighted by atomic mass is 19.1. The third-order valence-electron chi connectivity index (χ3n) is 5.61. The minimum Gasteiger partial charge on any atom is -0.349 e. The van der Waals surface area contributed by atoms with Gasteiger partial charge in [-0.25, -0.2) is 18.7 Å². The van der Waals surface area contributed by atoms with Crippen molar-refractivity contribution < 1.29 is 13.6 Å². The Bertz CT molecular complexity index is 1110. The van der Waals surface area contributed by atoms with Gasteiger partial charge in [-0.2, -0.15) is 0 Å². The Hall–Kier alpha value is -3.15. The molecule has 1 atom stereocenters. The molecule has 0 N–H and O–H groups in total. The Labute approximate surface area is 168 Å². The molecule has 0 bridgehead atoms. The van der Waals surface area contributed by atoms with Crippen molar-refractivity contribution in [2.24, 2.45) is 0 Å². The molecule has 148 valence electrons. The fourth-order valence-corrected chi connectivity index (χ4v) is 3.85. The molecule has 0 saturated carbocycles. The number of hydrogen-bond donors (Lipinski definition) is 0. The maximum Gasteiger partial charge on any atom is 0.233 e. The quantitative estimate of drug-likeness (QED) is 0.604. The van der Waals surface area contributed by atoms with Gasteiger partial charge in [0.05, 0.1) is 11.6 Å². The highest BCUT2D eigenvalue weighted by Gasteiger charge is 2.28. The van der Waals surface area contributed by atoms with Gasteiger partial charge in [0.2, 0.25) is 11.6 Å². The first-order valence-electron chi connectivity index (χ1n) is 9.56. The zero-order valence-electron chi connectivity index (χ0n) is 16.5. The number of nitrogens with zero attached hydrogens (tertiary/aromatic N) is 3. The molecule has 2 aromatic carbocycles. The Morgan fingerprint density at radius 2 is 1.86 bits per heavy atom. The average molecular weight is 393 g/mol. The topological polar surface area (TPSA) is 46.1 Å². The molecular formula is C23H21F2N3O. The number of aromatic nitrogens is 2. The molecular weight excluding hydrogens is 372 g/mol.